The number of benzene rings is 2. The Balaban J connectivity index is 1.83. The van der Waals surface area contributed by atoms with E-state index in [9.17, 15) is 9.59 Å². The van der Waals surface area contributed by atoms with Crippen molar-refractivity contribution >= 4 is 33.4 Å². The van der Waals surface area contributed by atoms with E-state index in [1.165, 1.54) is 0 Å². The van der Waals surface area contributed by atoms with Gasteiger partial charge in [0.15, 0.2) is 6.61 Å². The van der Waals surface area contributed by atoms with Gasteiger partial charge in [-0.15, -0.1) is 11.3 Å². The van der Waals surface area contributed by atoms with Crippen molar-refractivity contribution in [3.8, 4) is 0 Å². The van der Waals surface area contributed by atoms with Crippen LogP contribution in [0, 0.1) is 0 Å². The number of thiazole rings is 1. The maximum absolute atomic E-state index is 13.0. The SMILES string of the molecule is CCCNC(=O)COC(=O)[C@](C)(Cc1nc2ccccc2s1)c1ccccc1. The van der Waals surface area contributed by atoms with Crippen LogP contribution < -0.4 is 5.32 Å². The lowest BCUT2D eigenvalue weighted by molar-refractivity contribution is -0.154. The van der Waals surface area contributed by atoms with Crippen molar-refractivity contribution < 1.29 is 14.3 Å². The Labute approximate surface area is 168 Å². The van der Waals surface area contributed by atoms with Crippen LogP contribution >= 0.6 is 11.3 Å². The van der Waals surface area contributed by atoms with Gasteiger partial charge < -0.3 is 10.1 Å². The molecule has 0 aliphatic heterocycles. The highest BCUT2D eigenvalue weighted by Crippen LogP contribution is 2.33. The molecule has 0 aliphatic rings. The van der Waals surface area contributed by atoms with Crippen LogP contribution in [0.3, 0.4) is 0 Å². The number of hydrogen-bond donors (Lipinski definition) is 1. The fourth-order valence-electron chi connectivity index (χ4n) is 3.00. The fraction of sp³-hybridized carbons (Fsp3) is 0.318. The predicted molar refractivity (Wildman–Crippen MR) is 111 cm³/mol. The summed E-state index contributed by atoms with van der Waals surface area (Å²) in [5.74, 6) is -0.713. The van der Waals surface area contributed by atoms with Crippen LogP contribution in [-0.2, 0) is 26.2 Å². The summed E-state index contributed by atoms with van der Waals surface area (Å²) < 4.78 is 6.48. The zero-order valence-corrected chi connectivity index (χ0v) is 16.9. The largest absolute Gasteiger partial charge is 0.455 e. The Morgan fingerprint density at radius 1 is 1.11 bits per heavy atom. The highest BCUT2D eigenvalue weighted by molar-refractivity contribution is 7.18. The monoisotopic (exact) mass is 396 g/mol. The molecule has 1 aromatic heterocycles. The molecule has 0 bridgehead atoms. The smallest absolute Gasteiger partial charge is 0.317 e. The first-order valence-corrected chi connectivity index (χ1v) is 10.2. The molecule has 0 saturated carbocycles. The Morgan fingerprint density at radius 2 is 1.82 bits per heavy atom. The van der Waals surface area contributed by atoms with E-state index in [1.807, 2.05) is 68.4 Å². The van der Waals surface area contributed by atoms with Gasteiger partial charge in [0.2, 0.25) is 0 Å². The van der Waals surface area contributed by atoms with Gasteiger partial charge in [-0.05, 0) is 31.0 Å². The zero-order chi connectivity index (χ0) is 20.0. The first-order valence-electron chi connectivity index (χ1n) is 9.37. The molecule has 0 spiro atoms. The van der Waals surface area contributed by atoms with E-state index in [0.29, 0.717) is 13.0 Å². The van der Waals surface area contributed by atoms with Crippen molar-refractivity contribution in [2.75, 3.05) is 13.2 Å². The van der Waals surface area contributed by atoms with Crippen molar-refractivity contribution in [1.29, 1.82) is 0 Å². The second-order valence-electron chi connectivity index (χ2n) is 6.88. The summed E-state index contributed by atoms with van der Waals surface area (Å²) in [7, 11) is 0. The lowest BCUT2D eigenvalue weighted by Gasteiger charge is -2.27. The molecule has 6 heteroatoms. The molecule has 1 atom stereocenters. The van der Waals surface area contributed by atoms with Crippen LogP contribution in [-0.4, -0.2) is 30.0 Å². The molecule has 3 aromatic rings. The molecule has 0 fully saturated rings. The van der Waals surface area contributed by atoms with Crippen LogP contribution in [0.25, 0.3) is 10.2 Å². The van der Waals surface area contributed by atoms with E-state index in [-0.39, 0.29) is 12.5 Å². The Hall–Kier alpha value is -2.73. The molecule has 3 rings (SSSR count). The average molecular weight is 397 g/mol. The molecule has 0 saturated heterocycles. The summed E-state index contributed by atoms with van der Waals surface area (Å²) in [5.41, 5.74) is 0.832. The number of esters is 1. The zero-order valence-electron chi connectivity index (χ0n) is 16.1. The summed E-state index contributed by atoms with van der Waals surface area (Å²) in [6.45, 7) is 4.11. The second-order valence-corrected chi connectivity index (χ2v) is 7.99. The van der Waals surface area contributed by atoms with E-state index in [4.69, 9.17) is 4.74 Å². The number of fused-ring (bicyclic) bond motifs is 1. The van der Waals surface area contributed by atoms with Crippen molar-refractivity contribution in [2.45, 2.75) is 32.1 Å². The quantitative estimate of drug-likeness (QED) is 0.587. The molecule has 2 aromatic carbocycles. The van der Waals surface area contributed by atoms with Crippen molar-refractivity contribution in [2.24, 2.45) is 0 Å². The molecule has 0 unspecified atom stereocenters. The molecular formula is C22H24N2O3S. The predicted octanol–water partition coefficient (Wildman–Crippen LogP) is 3.87. The number of carbonyl (C=O) groups excluding carboxylic acids is 2. The minimum atomic E-state index is -0.930. The van der Waals surface area contributed by atoms with Crippen molar-refractivity contribution in [3.63, 3.8) is 0 Å². The van der Waals surface area contributed by atoms with Crippen molar-refractivity contribution in [1.82, 2.24) is 10.3 Å². The maximum Gasteiger partial charge on any atom is 0.317 e. The number of nitrogens with zero attached hydrogens (tertiary/aromatic N) is 1. The summed E-state index contributed by atoms with van der Waals surface area (Å²) in [6, 6.07) is 17.4. The van der Waals surface area contributed by atoms with E-state index < -0.39 is 11.4 Å². The van der Waals surface area contributed by atoms with E-state index in [0.717, 1.165) is 27.2 Å². The van der Waals surface area contributed by atoms with Crippen LogP contribution in [0.5, 0.6) is 0 Å². The molecule has 5 nitrogen and oxygen atoms in total. The minimum Gasteiger partial charge on any atom is -0.455 e. The van der Waals surface area contributed by atoms with Gasteiger partial charge in [-0.1, -0.05) is 49.4 Å². The van der Waals surface area contributed by atoms with Gasteiger partial charge in [0.05, 0.1) is 20.6 Å². The third-order valence-corrected chi connectivity index (χ3v) is 5.65. The number of nitrogens with one attached hydrogen (secondary N) is 1. The average Bonchev–Trinajstić information content (AvgIpc) is 3.13. The van der Waals surface area contributed by atoms with Gasteiger partial charge in [0.25, 0.3) is 5.91 Å². The Kier molecular flexibility index (Phi) is 6.41. The van der Waals surface area contributed by atoms with Crippen LogP contribution in [0.15, 0.2) is 54.6 Å². The van der Waals surface area contributed by atoms with Gasteiger partial charge in [-0.3, -0.25) is 9.59 Å². The van der Waals surface area contributed by atoms with Crippen molar-refractivity contribution in [3.05, 3.63) is 65.2 Å². The molecule has 0 aliphatic carbocycles. The number of ether oxygens (including phenoxy) is 1. The van der Waals surface area contributed by atoms with E-state index in [1.54, 1.807) is 11.3 Å². The second kappa shape index (κ2) is 8.97. The topological polar surface area (TPSA) is 68.3 Å². The summed E-state index contributed by atoms with van der Waals surface area (Å²) >= 11 is 1.57. The lowest BCUT2D eigenvalue weighted by Crippen LogP contribution is -2.39. The molecule has 146 valence electrons. The highest BCUT2D eigenvalue weighted by atomic mass is 32.1. The normalized spacial score (nSPS) is 13.1. The number of rotatable bonds is 8. The fourth-order valence-corrected chi connectivity index (χ4v) is 4.13. The number of amides is 1. The number of hydrogen-bond acceptors (Lipinski definition) is 5. The van der Waals surface area contributed by atoms with Gasteiger partial charge in [-0.2, -0.15) is 0 Å². The van der Waals surface area contributed by atoms with Crippen LogP contribution in [0.2, 0.25) is 0 Å². The first kappa shape index (κ1) is 20.0. The maximum atomic E-state index is 13.0. The summed E-state index contributed by atoms with van der Waals surface area (Å²) in [5, 5.41) is 3.58. The third-order valence-electron chi connectivity index (χ3n) is 4.61. The van der Waals surface area contributed by atoms with Gasteiger partial charge in [0, 0.05) is 13.0 Å². The van der Waals surface area contributed by atoms with E-state index >= 15 is 0 Å². The lowest BCUT2D eigenvalue weighted by atomic mass is 9.79. The number of para-hydroxylation sites is 1. The first-order chi connectivity index (χ1) is 13.5. The van der Waals surface area contributed by atoms with Crippen LogP contribution in [0.1, 0.15) is 30.8 Å². The van der Waals surface area contributed by atoms with Gasteiger partial charge in [0.1, 0.15) is 0 Å². The molecule has 1 N–H and O–H groups in total. The molecule has 1 amide bonds. The molecular weight excluding hydrogens is 372 g/mol. The van der Waals surface area contributed by atoms with Gasteiger partial charge >= 0.3 is 5.97 Å². The summed E-state index contributed by atoms with van der Waals surface area (Å²) in [6.07, 6.45) is 1.24. The standard InChI is InChI=1S/C22H24N2O3S/c1-3-13-23-19(25)15-27-21(26)22(2,16-9-5-4-6-10-16)14-20-24-17-11-7-8-12-18(17)28-20/h4-12H,3,13-15H2,1-2H3,(H,23,25)/t22-/m1/s1. The van der Waals surface area contributed by atoms with E-state index in [2.05, 4.69) is 10.3 Å². The number of carbonyl (C=O) groups is 2. The Morgan fingerprint density at radius 3 is 2.54 bits per heavy atom. The Bertz CT molecular complexity index is 922. The van der Waals surface area contributed by atoms with Crippen LogP contribution in [0.4, 0.5) is 0 Å². The highest BCUT2D eigenvalue weighted by Gasteiger charge is 2.38. The van der Waals surface area contributed by atoms with Gasteiger partial charge in [-0.25, -0.2) is 4.98 Å². The molecule has 0 radical (unpaired) electrons. The molecule has 28 heavy (non-hydrogen) atoms. The number of aromatic nitrogens is 1. The summed E-state index contributed by atoms with van der Waals surface area (Å²) in [4.78, 5) is 29.6. The molecule has 1 heterocycles. The minimum absolute atomic E-state index is 0.277. The third kappa shape index (κ3) is 4.57.